The highest BCUT2D eigenvalue weighted by Crippen LogP contribution is 2.33. The lowest BCUT2D eigenvalue weighted by molar-refractivity contribution is 0.0687. The third-order valence-electron chi connectivity index (χ3n) is 3.64. The van der Waals surface area contributed by atoms with Crippen LogP contribution in [0, 0.1) is 11.8 Å². The number of rotatable bonds is 4. The molecule has 0 amide bonds. The molecule has 8 heteroatoms. The largest absolute Gasteiger partial charge is 0.476 e. The van der Waals surface area contributed by atoms with Gasteiger partial charge in [0.2, 0.25) is 5.69 Å². The zero-order chi connectivity index (χ0) is 17.2. The number of carboxylic acids is 1. The second-order valence-corrected chi connectivity index (χ2v) is 5.59. The van der Waals surface area contributed by atoms with E-state index in [0.29, 0.717) is 17.5 Å². The van der Waals surface area contributed by atoms with Gasteiger partial charge in [0.15, 0.2) is 0 Å². The molecule has 0 radical (unpaired) electrons. The molecule has 2 aromatic heterocycles. The summed E-state index contributed by atoms with van der Waals surface area (Å²) in [5, 5.41) is 22.8. The van der Waals surface area contributed by atoms with E-state index in [1.807, 2.05) is 23.0 Å². The number of H-pyrrole nitrogens is 1. The first-order valence-corrected chi connectivity index (χ1v) is 7.68. The van der Waals surface area contributed by atoms with Crippen molar-refractivity contribution in [3.05, 3.63) is 53.5 Å². The van der Waals surface area contributed by atoms with Crippen LogP contribution in [0.15, 0.2) is 36.5 Å². The second-order valence-electron chi connectivity index (χ2n) is 5.59. The number of benzene rings is 1. The SMILES string of the molecule is O=C(O)c1[nH]nnc1Oc1cccc(C#Cc2ccn(C3CC3)n2)c1. The molecule has 0 unspecified atom stereocenters. The van der Waals surface area contributed by atoms with E-state index in [1.165, 1.54) is 12.8 Å². The highest BCUT2D eigenvalue weighted by Gasteiger charge is 2.23. The van der Waals surface area contributed by atoms with Crippen molar-refractivity contribution in [2.45, 2.75) is 18.9 Å². The maximum atomic E-state index is 11.0. The van der Waals surface area contributed by atoms with Crippen molar-refractivity contribution in [2.24, 2.45) is 0 Å². The standard InChI is InChI=1S/C17H13N5O3/c23-17(24)15-16(19-21-18-15)25-14-3-1-2-11(10-14)4-5-12-8-9-22(20-12)13-6-7-13/h1-3,8-10,13H,6-7H2,(H,23,24)(H,18,19,21). The third kappa shape index (κ3) is 3.35. The molecular weight excluding hydrogens is 322 g/mol. The minimum atomic E-state index is -1.19. The molecule has 8 nitrogen and oxygen atoms in total. The van der Waals surface area contributed by atoms with Gasteiger partial charge in [-0.05, 0) is 43.0 Å². The van der Waals surface area contributed by atoms with Gasteiger partial charge in [-0.25, -0.2) is 9.89 Å². The van der Waals surface area contributed by atoms with E-state index in [1.54, 1.807) is 18.2 Å². The minimum Gasteiger partial charge on any atom is -0.476 e. The lowest BCUT2D eigenvalue weighted by Gasteiger charge is -2.02. The predicted molar refractivity (Wildman–Crippen MR) is 86.3 cm³/mol. The average Bonchev–Trinajstić information content (AvgIpc) is 3.16. The molecule has 0 aliphatic heterocycles. The first-order valence-electron chi connectivity index (χ1n) is 7.68. The highest BCUT2D eigenvalue weighted by molar-refractivity contribution is 5.87. The Labute approximate surface area is 142 Å². The Kier molecular flexibility index (Phi) is 3.67. The van der Waals surface area contributed by atoms with E-state index in [-0.39, 0.29) is 11.6 Å². The summed E-state index contributed by atoms with van der Waals surface area (Å²) in [5.74, 6) is 5.17. The molecule has 2 heterocycles. The summed E-state index contributed by atoms with van der Waals surface area (Å²) in [4.78, 5) is 11.0. The van der Waals surface area contributed by atoms with Gasteiger partial charge in [0, 0.05) is 11.8 Å². The maximum Gasteiger partial charge on any atom is 0.359 e. The quantitative estimate of drug-likeness (QED) is 0.708. The summed E-state index contributed by atoms with van der Waals surface area (Å²) in [7, 11) is 0. The summed E-state index contributed by atoms with van der Waals surface area (Å²) < 4.78 is 7.42. The Morgan fingerprint density at radius 2 is 2.20 bits per heavy atom. The fraction of sp³-hybridized carbons (Fsp3) is 0.176. The summed E-state index contributed by atoms with van der Waals surface area (Å²) >= 11 is 0. The first kappa shape index (κ1) is 15.0. The van der Waals surface area contributed by atoms with Gasteiger partial charge in [-0.3, -0.25) is 4.68 Å². The number of aromatic carboxylic acids is 1. The summed E-state index contributed by atoms with van der Waals surface area (Å²) in [6.45, 7) is 0. The maximum absolute atomic E-state index is 11.0. The van der Waals surface area contributed by atoms with Gasteiger partial charge in [-0.15, -0.1) is 0 Å². The van der Waals surface area contributed by atoms with Crippen LogP contribution in [0.1, 0.15) is 40.6 Å². The Morgan fingerprint density at radius 3 is 3.00 bits per heavy atom. The molecule has 1 aliphatic rings. The molecule has 2 N–H and O–H groups in total. The molecule has 124 valence electrons. The van der Waals surface area contributed by atoms with E-state index >= 15 is 0 Å². The second kappa shape index (κ2) is 6.13. The molecule has 25 heavy (non-hydrogen) atoms. The molecule has 3 aromatic rings. The lowest BCUT2D eigenvalue weighted by atomic mass is 10.2. The molecular formula is C17H13N5O3. The van der Waals surface area contributed by atoms with E-state index in [4.69, 9.17) is 9.84 Å². The van der Waals surface area contributed by atoms with E-state index in [0.717, 1.165) is 5.56 Å². The Balaban J connectivity index is 1.52. The molecule has 1 saturated carbocycles. The van der Waals surface area contributed by atoms with Crippen molar-refractivity contribution in [2.75, 3.05) is 0 Å². The zero-order valence-electron chi connectivity index (χ0n) is 13.0. The molecule has 0 saturated heterocycles. The number of carboxylic acid groups (broad SMARTS) is 1. The van der Waals surface area contributed by atoms with Gasteiger partial charge in [0.1, 0.15) is 11.4 Å². The zero-order valence-corrected chi connectivity index (χ0v) is 13.0. The van der Waals surface area contributed by atoms with Crippen LogP contribution >= 0.6 is 0 Å². The van der Waals surface area contributed by atoms with Crippen molar-refractivity contribution in [1.82, 2.24) is 25.2 Å². The summed E-state index contributed by atoms with van der Waals surface area (Å²) in [5.41, 5.74) is 1.23. The average molecular weight is 335 g/mol. The number of hydrogen-bond acceptors (Lipinski definition) is 5. The summed E-state index contributed by atoms with van der Waals surface area (Å²) in [6, 6.07) is 9.40. The fourth-order valence-electron chi connectivity index (χ4n) is 2.26. The van der Waals surface area contributed by atoms with Crippen molar-refractivity contribution < 1.29 is 14.6 Å². The molecule has 0 atom stereocenters. The summed E-state index contributed by atoms with van der Waals surface area (Å²) in [6.07, 6.45) is 4.29. The van der Waals surface area contributed by atoms with Crippen molar-refractivity contribution in [1.29, 1.82) is 0 Å². The van der Waals surface area contributed by atoms with E-state index in [2.05, 4.69) is 32.4 Å². The Morgan fingerprint density at radius 1 is 1.32 bits per heavy atom. The van der Waals surface area contributed by atoms with Gasteiger partial charge in [-0.2, -0.15) is 5.10 Å². The van der Waals surface area contributed by atoms with Crippen LogP contribution in [0.3, 0.4) is 0 Å². The van der Waals surface area contributed by atoms with Gasteiger partial charge in [0.05, 0.1) is 6.04 Å². The fourth-order valence-corrected chi connectivity index (χ4v) is 2.26. The van der Waals surface area contributed by atoms with E-state index < -0.39 is 5.97 Å². The van der Waals surface area contributed by atoms with E-state index in [9.17, 15) is 4.79 Å². The van der Waals surface area contributed by atoms with Crippen molar-refractivity contribution in [3.63, 3.8) is 0 Å². The smallest absolute Gasteiger partial charge is 0.359 e. The topological polar surface area (TPSA) is 106 Å². The lowest BCUT2D eigenvalue weighted by Crippen LogP contribution is -1.99. The van der Waals surface area contributed by atoms with Crippen LogP contribution in [0.5, 0.6) is 11.6 Å². The minimum absolute atomic E-state index is 0.0965. The van der Waals surface area contributed by atoms with Gasteiger partial charge < -0.3 is 9.84 Å². The van der Waals surface area contributed by atoms with Crippen LogP contribution in [-0.4, -0.2) is 36.3 Å². The number of ether oxygens (including phenoxy) is 1. The predicted octanol–water partition coefficient (Wildman–Crippen LogP) is 2.23. The monoisotopic (exact) mass is 335 g/mol. The van der Waals surface area contributed by atoms with Crippen molar-refractivity contribution in [3.8, 4) is 23.5 Å². The molecule has 1 aliphatic carbocycles. The van der Waals surface area contributed by atoms with Crippen LogP contribution < -0.4 is 4.74 Å². The molecule has 0 bridgehead atoms. The first-order chi connectivity index (χ1) is 12.2. The van der Waals surface area contributed by atoms with Crippen LogP contribution in [0.2, 0.25) is 0 Å². The molecule has 4 rings (SSSR count). The normalized spacial score (nSPS) is 13.1. The van der Waals surface area contributed by atoms with Gasteiger partial charge in [0.25, 0.3) is 5.88 Å². The molecule has 0 spiro atoms. The van der Waals surface area contributed by atoms with Crippen LogP contribution in [-0.2, 0) is 0 Å². The Bertz CT molecular complexity index is 991. The number of hydrogen-bond donors (Lipinski definition) is 2. The number of nitrogens with zero attached hydrogens (tertiary/aromatic N) is 4. The van der Waals surface area contributed by atoms with Gasteiger partial charge in [-0.1, -0.05) is 22.3 Å². The number of carbonyl (C=O) groups is 1. The van der Waals surface area contributed by atoms with Crippen LogP contribution in [0.4, 0.5) is 0 Å². The molecule has 1 fully saturated rings. The van der Waals surface area contributed by atoms with Gasteiger partial charge >= 0.3 is 5.97 Å². The number of aromatic nitrogens is 5. The third-order valence-corrected chi connectivity index (χ3v) is 3.64. The van der Waals surface area contributed by atoms with Crippen molar-refractivity contribution >= 4 is 5.97 Å². The number of nitrogens with one attached hydrogen (secondary N) is 1. The molecule has 1 aromatic carbocycles. The van der Waals surface area contributed by atoms with Crippen LogP contribution in [0.25, 0.3) is 0 Å². The Hall–Kier alpha value is -3.60. The number of aromatic amines is 1. The highest BCUT2D eigenvalue weighted by atomic mass is 16.5.